The van der Waals surface area contributed by atoms with Crippen molar-refractivity contribution in [1.82, 2.24) is 20.5 Å². The molecule has 2 aliphatic rings. The topological polar surface area (TPSA) is 72.9 Å². The smallest absolute Gasteiger partial charge is 0.222 e. The maximum atomic E-state index is 11.7. The number of halogens is 1. The van der Waals surface area contributed by atoms with E-state index < -0.39 is 0 Å². The molecule has 2 N–H and O–H groups in total. The molecule has 2 aliphatic heterocycles. The van der Waals surface area contributed by atoms with Gasteiger partial charge in [0.15, 0.2) is 5.96 Å². The summed E-state index contributed by atoms with van der Waals surface area (Å²) >= 11 is 0. The second-order valence-corrected chi connectivity index (χ2v) is 7.77. The summed E-state index contributed by atoms with van der Waals surface area (Å²) in [5.74, 6) is 2.10. The third-order valence-corrected chi connectivity index (χ3v) is 5.47. The molecule has 0 aromatic carbocycles. The Morgan fingerprint density at radius 3 is 2.72 bits per heavy atom. The second-order valence-electron chi connectivity index (χ2n) is 7.77. The summed E-state index contributed by atoms with van der Waals surface area (Å²) in [4.78, 5) is 25.2. The van der Waals surface area contributed by atoms with Crippen molar-refractivity contribution in [3.63, 3.8) is 0 Å². The Balaban J connectivity index is 0.00000300. The van der Waals surface area contributed by atoms with Gasteiger partial charge in [0, 0.05) is 51.9 Å². The highest BCUT2D eigenvalue weighted by molar-refractivity contribution is 14.0. The van der Waals surface area contributed by atoms with Crippen molar-refractivity contribution in [3.8, 4) is 0 Å². The first-order valence-corrected chi connectivity index (χ1v) is 10.6. The van der Waals surface area contributed by atoms with Crippen molar-refractivity contribution in [2.24, 2.45) is 4.99 Å². The van der Waals surface area contributed by atoms with Crippen LogP contribution in [0.4, 0.5) is 5.82 Å². The van der Waals surface area contributed by atoms with Crippen LogP contribution in [0.2, 0.25) is 0 Å². The molecule has 1 atom stereocenters. The molecule has 3 rings (SSSR count). The standard InChI is InChI=1S/C21H34N6O.HI/c1-3-22-21(25-18-8-9-20(28)26(2)16-18)24-15-17-10-11-23-19(14-17)27-12-6-4-5-7-13-27;/h10-11,14,18H,3-9,12-13,15-16H2,1-2H3,(H2,22,24,25);1H. The van der Waals surface area contributed by atoms with Crippen LogP contribution in [-0.4, -0.2) is 61.0 Å². The van der Waals surface area contributed by atoms with E-state index >= 15 is 0 Å². The fraction of sp³-hybridized carbons (Fsp3) is 0.667. The van der Waals surface area contributed by atoms with Crippen LogP contribution in [0.15, 0.2) is 23.3 Å². The first-order valence-electron chi connectivity index (χ1n) is 10.6. The number of aromatic nitrogens is 1. The fourth-order valence-electron chi connectivity index (χ4n) is 3.85. The molecule has 0 spiro atoms. The van der Waals surface area contributed by atoms with Crippen molar-refractivity contribution in [3.05, 3.63) is 23.9 Å². The number of hydrogen-bond donors (Lipinski definition) is 2. The zero-order valence-corrected chi connectivity index (χ0v) is 20.0. The van der Waals surface area contributed by atoms with Gasteiger partial charge < -0.3 is 20.4 Å². The summed E-state index contributed by atoms with van der Waals surface area (Å²) in [5, 5.41) is 6.81. The Morgan fingerprint density at radius 1 is 1.28 bits per heavy atom. The van der Waals surface area contributed by atoms with Gasteiger partial charge in [0.1, 0.15) is 5.82 Å². The predicted octanol–water partition coefficient (Wildman–Crippen LogP) is 2.76. The summed E-state index contributed by atoms with van der Waals surface area (Å²) in [6.07, 6.45) is 8.47. The van der Waals surface area contributed by atoms with Gasteiger partial charge in [0.2, 0.25) is 5.91 Å². The minimum absolute atomic E-state index is 0. The van der Waals surface area contributed by atoms with Crippen molar-refractivity contribution in [2.75, 3.05) is 38.1 Å². The third kappa shape index (κ3) is 7.31. The fourth-order valence-corrected chi connectivity index (χ4v) is 3.85. The summed E-state index contributed by atoms with van der Waals surface area (Å²) < 4.78 is 0. The zero-order valence-electron chi connectivity index (χ0n) is 17.7. The molecule has 0 aliphatic carbocycles. The van der Waals surface area contributed by atoms with Crippen LogP contribution < -0.4 is 15.5 Å². The third-order valence-electron chi connectivity index (χ3n) is 5.47. The van der Waals surface area contributed by atoms with E-state index in [1.54, 1.807) is 4.90 Å². The van der Waals surface area contributed by atoms with Crippen molar-refractivity contribution >= 4 is 41.7 Å². The monoisotopic (exact) mass is 514 g/mol. The van der Waals surface area contributed by atoms with E-state index in [1.165, 1.54) is 31.2 Å². The van der Waals surface area contributed by atoms with E-state index in [9.17, 15) is 4.79 Å². The van der Waals surface area contributed by atoms with Crippen molar-refractivity contribution in [1.29, 1.82) is 0 Å². The maximum Gasteiger partial charge on any atom is 0.222 e. The molecule has 0 bridgehead atoms. The van der Waals surface area contributed by atoms with Crippen LogP contribution in [0.5, 0.6) is 0 Å². The maximum absolute atomic E-state index is 11.7. The summed E-state index contributed by atoms with van der Waals surface area (Å²) in [5.41, 5.74) is 1.17. The first kappa shape index (κ1) is 23.7. The van der Waals surface area contributed by atoms with E-state index in [4.69, 9.17) is 4.99 Å². The molecule has 1 aromatic rings. The van der Waals surface area contributed by atoms with E-state index in [0.29, 0.717) is 13.0 Å². The van der Waals surface area contributed by atoms with Gasteiger partial charge in [-0.05, 0) is 43.9 Å². The average molecular weight is 514 g/mol. The molecule has 1 aromatic heterocycles. The van der Waals surface area contributed by atoms with E-state index in [-0.39, 0.29) is 35.9 Å². The number of nitrogens with zero attached hydrogens (tertiary/aromatic N) is 4. The Hall–Kier alpha value is -1.58. The van der Waals surface area contributed by atoms with Gasteiger partial charge in [0.05, 0.1) is 6.54 Å². The van der Waals surface area contributed by atoms with Crippen LogP contribution in [0, 0.1) is 0 Å². The van der Waals surface area contributed by atoms with Crippen LogP contribution in [-0.2, 0) is 11.3 Å². The number of pyridine rings is 1. The molecule has 2 saturated heterocycles. The lowest BCUT2D eigenvalue weighted by Crippen LogP contribution is -2.51. The predicted molar refractivity (Wildman–Crippen MR) is 129 cm³/mol. The van der Waals surface area contributed by atoms with E-state index in [2.05, 4.69) is 33.5 Å². The van der Waals surface area contributed by atoms with Crippen LogP contribution in [0.3, 0.4) is 0 Å². The molecule has 1 amide bonds. The summed E-state index contributed by atoms with van der Waals surface area (Å²) in [6.45, 7) is 6.40. The van der Waals surface area contributed by atoms with E-state index in [1.807, 2.05) is 19.3 Å². The van der Waals surface area contributed by atoms with Crippen LogP contribution in [0.1, 0.15) is 51.0 Å². The van der Waals surface area contributed by atoms with Crippen molar-refractivity contribution < 1.29 is 4.79 Å². The van der Waals surface area contributed by atoms with Gasteiger partial charge in [-0.15, -0.1) is 24.0 Å². The SMILES string of the molecule is CCNC(=NCc1ccnc(N2CCCCCC2)c1)NC1CCC(=O)N(C)C1.I. The highest BCUT2D eigenvalue weighted by atomic mass is 127. The summed E-state index contributed by atoms with van der Waals surface area (Å²) in [6, 6.07) is 4.46. The Bertz CT molecular complexity index is 675. The lowest BCUT2D eigenvalue weighted by atomic mass is 10.1. The minimum atomic E-state index is 0. The normalized spacial score (nSPS) is 20.7. The van der Waals surface area contributed by atoms with Gasteiger partial charge in [-0.25, -0.2) is 9.98 Å². The molecule has 0 saturated carbocycles. The number of guanidine groups is 1. The molecule has 7 nitrogen and oxygen atoms in total. The largest absolute Gasteiger partial charge is 0.357 e. The van der Waals surface area contributed by atoms with E-state index in [0.717, 1.165) is 44.4 Å². The highest BCUT2D eigenvalue weighted by Gasteiger charge is 2.23. The number of rotatable bonds is 5. The van der Waals surface area contributed by atoms with Gasteiger partial charge in [-0.2, -0.15) is 0 Å². The number of anilines is 1. The molecule has 8 heteroatoms. The quantitative estimate of drug-likeness (QED) is 0.359. The lowest BCUT2D eigenvalue weighted by molar-refractivity contribution is -0.132. The highest BCUT2D eigenvalue weighted by Crippen LogP contribution is 2.18. The number of nitrogens with one attached hydrogen (secondary N) is 2. The Labute approximate surface area is 191 Å². The molecule has 162 valence electrons. The van der Waals surface area contributed by atoms with Gasteiger partial charge in [-0.3, -0.25) is 4.79 Å². The number of likely N-dealkylation sites (N-methyl/N-ethyl adjacent to an activating group) is 1. The molecule has 1 unspecified atom stereocenters. The van der Waals surface area contributed by atoms with Crippen molar-refractivity contribution in [2.45, 2.75) is 58.0 Å². The number of carbonyl (C=O) groups excluding carboxylic acids is 1. The molecule has 0 radical (unpaired) electrons. The molecule has 3 heterocycles. The number of amides is 1. The second kappa shape index (κ2) is 12.2. The van der Waals surface area contributed by atoms with Crippen LogP contribution >= 0.6 is 24.0 Å². The minimum Gasteiger partial charge on any atom is -0.357 e. The molecular formula is C21H35IN6O. The van der Waals surface area contributed by atoms with Gasteiger partial charge in [-0.1, -0.05) is 12.8 Å². The van der Waals surface area contributed by atoms with Gasteiger partial charge in [0.25, 0.3) is 0 Å². The summed E-state index contributed by atoms with van der Waals surface area (Å²) in [7, 11) is 1.86. The zero-order chi connectivity index (χ0) is 19.8. The average Bonchev–Trinajstić information content (AvgIpc) is 2.99. The molecule has 2 fully saturated rings. The van der Waals surface area contributed by atoms with Gasteiger partial charge >= 0.3 is 0 Å². The Kier molecular flexibility index (Phi) is 9.96. The Morgan fingerprint density at radius 2 is 2.03 bits per heavy atom. The molecular weight excluding hydrogens is 479 g/mol. The first-order chi connectivity index (χ1) is 13.7. The number of piperidine rings is 1. The van der Waals surface area contributed by atoms with Crippen LogP contribution in [0.25, 0.3) is 0 Å². The number of aliphatic imine (C=N–C) groups is 1. The molecule has 29 heavy (non-hydrogen) atoms. The number of likely N-dealkylation sites (tertiary alicyclic amines) is 1. The number of carbonyl (C=O) groups is 1. The number of hydrogen-bond acceptors (Lipinski definition) is 4. The lowest BCUT2D eigenvalue weighted by Gasteiger charge is -2.31.